The molecule has 1 amide bonds. The van der Waals surface area contributed by atoms with Gasteiger partial charge in [-0.3, -0.25) is 4.79 Å². The van der Waals surface area contributed by atoms with Crippen molar-refractivity contribution in [3.05, 3.63) is 92.9 Å². The van der Waals surface area contributed by atoms with Crippen molar-refractivity contribution in [2.75, 3.05) is 27.4 Å². The van der Waals surface area contributed by atoms with Crippen molar-refractivity contribution in [1.82, 2.24) is 9.88 Å². The molecule has 0 aliphatic carbocycles. The molecule has 1 N–H and O–H groups in total. The van der Waals surface area contributed by atoms with Crippen LogP contribution in [0.25, 0.3) is 0 Å². The van der Waals surface area contributed by atoms with E-state index in [4.69, 9.17) is 18.9 Å². The second-order valence-electron chi connectivity index (χ2n) is 11.6. The van der Waals surface area contributed by atoms with Gasteiger partial charge in [0, 0.05) is 29.3 Å². The molecule has 0 saturated carbocycles. The van der Waals surface area contributed by atoms with Gasteiger partial charge >= 0.3 is 18.0 Å². The number of nitrogens with zero attached hydrogens (tertiary/aromatic N) is 1. The third kappa shape index (κ3) is 7.70. The summed E-state index contributed by atoms with van der Waals surface area (Å²) in [5.74, 6) is -1.79. The number of hydrogen-bond acceptors (Lipinski definition) is 9. The summed E-state index contributed by atoms with van der Waals surface area (Å²) in [6.07, 6.45) is 2.02. The number of hydrogen-bond donors (Lipinski definition) is 1. The van der Waals surface area contributed by atoms with E-state index >= 15 is 0 Å². The molecule has 2 atom stereocenters. The standard InChI is InChI=1S/C34H40N2O8S/c1-7-8-17-43-30-28(32(39)42-6)36(19-24(29(30)37)31(38)41-5)25(18-35-33(40)44-34(2,3)4)27-22-14-10-9-13-21(22)20-45-26-16-12-11-15-23(26)27/h9-16,19,25,27H,7-8,17-18,20H2,1-6H3,(H,35,40)/t25-,27?/m1/s1. The van der Waals surface area contributed by atoms with Gasteiger partial charge < -0.3 is 28.8 Å². The maximum Gasteiger partial charge on any atom is 0.407 e. The highest BCUT2D eigenvalue weighted by molar-refractivity contribution is 7.98. The number of nitrogens with one attached hydrogen (secondary N) is 1. The highest BCUT2D eigenvalue weighted by atomic mass is 32.2. The van der Waals surface area contributed by atoms with Gasteiger partial charge in [0.15, 0.2) is 11.4 Å². The number of ether oxygens (including phenoxy) is 4. The minimum absolute atomic E-state index is 0.0468. The second kappa shape index (κ2) is 14.7. The van der Waals surface area contributed by atoms with Crippen molar-refractivity contribution >= 4 is 29.8 Å². The van der Waals surface area contributed by atoms with Crippen LogP contribution in [0.15, 0.2) is 64.4 Å². The van der Waals surface area contributed by atoms with Crippen LogP contribution in [0.4, 0.5) is 4.79 Å². The van der Waals surface area contributed by atoms with Gasteiger partial charge in [-0.05, 0) is 49.9 Å². The van der Waals surface area contributed by atoms with Gasteiger partial charge in [-0.2, -0.15) is 0 Å². The monoisotopic (exact) mass is 636 g/mol. The highest BCUT2D eigenvalue weighted by Crippen LogP contribution is 2.46. The van der Waals surface area contributed by atoms with Gasteiger partial charge in [-0.15, -0.1) is 11.8 Å². The van der Waals surface area contributed by atoms with Gasteiger partial charge in [0.25, 0.3) is 0 Å². The molecule has 1 aliphatic rings. The topological polar surface area (TPSA) is 122 Å². The van der Waals surface area contributed by atoms with Gasteiger partial charge in [-0.25, -0.2) is 14.4 Å². The molecule has 0 spiro atoms. The number of alkyl carbamates (subject to hydrolysis) is 1. The first-order valence-corrected chi connectivity index (χ1v) is 15.8. The van der Waals surface area contributed by atoms with E-state index in [1.165, 1.54) is 25.0 Å². The lowest BCUT2D eigenvalue weighted by molar-refractivity contribution is 0.0514. The zero-order chi connectivity index (χ0) is 32.7. The lowest BCUT2D eigenvalue weighted by Gasteiger charge is -2.33. The third-order valence-electron chi connectivity index (χ3n) is 7.34. The largest absolute Gasteiger partial charge is 0.487 e. The molecule has 1 unspecified atom stereocenters. The SMILES string of the molecule is CCCCOc1c(C(=O)OC)n([C@H](CNC(=O)OC(C)(C)C)C2c3ccccc3CSc3ccccc32)cc(C(=O)OC)c1=O. The fraction of sp³-hybridized carbons (Fsp3) is 0.412. The number of benzene rings is 2. The van der Waals surface area contributed by atoms with E-state index < -0.39 is 41.0 Å². The van der Waals surface area contributed by atoms with E-state index in [9.17, 15) is 19.2 Å². The predicted octanol–water partition coefficient (Wildman–Crippen LogP) is 6.10. The number of pyridine rings is 1. The normalized spacial score (nSPS) is 14.7. The van der Waals surface area contributed by atoms with Crippen LogP contribution in [0.3, 0.4) is 0 Å². The molecule has 4 rings (SSSR count). The molecule has 1 aliphatic heterocycles. The molecule has 0 fully saturated rings. The van der Waals surface area contributed by atoms with E-state index in [1.54, 1.807) is 32.5 Å². The summed E-state index contributed by atoms with van der Waals surface area (Å²) in [6.45, 7) is 7.34. The number of fused-ring (bicyclic) bond motifs is 2. The molecular weight excluding hydrogens is 596 g/mol. The quantitative estimate of drug-likeness (QED) is 0.160. The Labute approximate surface area is 267 Å². The Morgan fingerprint density at radius 2 is 1.67 bits per heavy atom. The molecule has 2 aromatic carbocycles. The number of esters is 2. The second-order valence-corrected chi connectivity index (χ2v) is 12.6. The van der Waals surface area contributed by atoms with E-state index in [1.807, 2.05) is 55.5 Å². The average molecular weight is 637 g/mol. The van der Waals surface area contributed by atoms with Crippen molar-refractivity contribution < 1.29 is 33.3 Å². The van der Waals surface area contributed by atoms with Crippen molar-refractivity contribution in [2.45, 2.75) is 68.7 Å². The van der Waals surface area contributed by atoms with Crippen molar-refractivity contribution in [1.29, 1.82) is 0 Å². The van der Waals surface area contributed by atoms with Crippen LogP contribution in [-0.2, 0) is 20.0 Å². The fourth-order valence-corrected chi connectivity index (χ4v) is 6.44. The Morgan fingerprint density at radius 1 is 1.00 bits per heavy atom. The summed E-state index contributed by atoms with van der Waals surface area (Å²) in [5, 5.41) is 2.87. The van der Waals surface area contributed by atoms with Crippen LogP contribution in [0, 0.1) is 0 Å². The van der Waals surface area contributed by atoms with Crippen LogP contribution >= 0.6 is 11.8 Å². The van der Waals surface area contributed by atoms with Gasteiger partial charge in [0.1, 0.15) is 11.2 Å². The fourth-order valence-electron chi connectivity index (χ4n) is 5.33. The summed E-state index contributed by atoms with van der Waals surface area (Å²) in [6, 6.07) is 15.1. The number of thioether (sulfide) groups is 1. The number of amides is 1. The maximum absolute atomic E-state index is 13.7. The predicted molar refractivity (Wildman–Crippen MR) is 171 cm³/mol. The smallest absolute Gasteiger partial charge is 0.407 e. The van der Waals surface area contributed by atoms with Gasteiger partial charge in [0.2, 0.25) is 5.43 Å². The van der Waals surface area contributed by atoms with Crippen molar-refractivity contribution in [2.24, 2.45) is 0 Å². The number of aromatic nitrogens is 1. The number of carbonyl (C=O) groups is 3. The Hall–Kier alpha value is -4.25. The van der Waals surface area contributed by atoms with Crippen LogP contribution < -0.4 is 15.5 Å². The van der Waals surface area contributed by atoms with Crippen LogP contribution in [0.5, 0.6) is 5.75 Å². The number of carbonyl (C=O) groups excluding carboxylic acids is 3. The zero-order valence-electron chi connectivity index (χ0n) is 26.5. The summed E-state index contributed by atoms with van der Waals surface area (Å²) in [7, 11) is 2.39. The average Bonchev–Trinajstić information content (AvgIpc) is 3.18. The Morgan fingerprint density at radius 3 is 2.33 bits per heavy atom. The van der Waals surface area contributed by atoms with Crippen LogP contribution in [0.2, 0.25) is 0 Å². The van der Waals surface area contributed by atoms with E-state index in [0.29, 0.717) is 12.2 Å². The van der Waals surface area contributed by atoms with Crippen LogP contribution in [-0.4, -0.2) is 55.6 Å². The summed E-state index contributed by atoms with van der Waals surface area (Å²) in [5.41, 5.74) is 0.951. The minimum Gasteiger partial charge on any atom is -0.487 e. The van der Waals surface area contributed by atoms with Crippen molar-refractivity contribution in [3.8, 4) is 5.75 Å². The molecule has 240 valence electrons. The molecule has 2 heterocycles. The molecule has 1 aromatic heterocycles. The highest BCUT2D eigenvalue weighted by Gasteiger charge is 2.37. The lowest BCUT2D eigenvalue weighted by atomic mass is 9.82. The maximum atomic E-state index is 13.7. The van der Waals surface area contributed by atoms with Crippen LogP contribution in [0.1, 0.15) is 90.0 Å². The number of methoxy groups -OCH3 is 2. The zero-order valence-corrected chi connectivity index (χ0v) is 27.3. The van der Waals surface area contributed by atoms with E-state index in [0.717, 1.165) is 28.0 Å². The number of rotatable bonds is 10. The molecule has 10 nitrogen and oxygen atoms in total. The van der Waals surface area contributed by atoms with Gasteiger partial charge in [-0.1, -0.05) is 55.8 Å². The first-order valence-electron chi connectivity index (χ1n) is 14.9. The van der Waals surface area contributed by atoms with E-state index in [2.05, 4.69) is 5.32 Å². The van der Waals surface area contributed by atoms with Gasteiger partial charge in [0.05, 0.1) is 26.9 Å². The van der Waals surface area contributed by atoms with E-state index in [-0.39, 0.29) is 30.2 Å². The Balaban J connectivity index is 2.06. The molecule has 11 heteroatoms. The Kier molecular flexibility index (Phi) is 11.0. The molecule has 45 heavy (non-hydrogen) atoms. The molecule has 0 saturated heterocycles. The minimum atomic E-state index is -0.887. The summed E-state index contributed by atoms with van der Waals surface area (Å²) in [4.78, 5) is 54.3. The first kappa shape index (κ1) is 33.6. The lowest BCUT2D eigenvalue weighted by Crippen LogP contribution is -2.40. The molecular formula is C34H40N2O8S. The number of unbranched alkanes of at least 4 members (excludes halogenated alkanes) is 1. The Bertz CT molecular complexity index is 1560. The third-order valence-corrected chi connectivity index (χ3v) is 8.48. The van der Waals surface area contributed by atoms with Crippen molar-refractivity contribution in [3.63, 3.8) is 0 Å². The molecule has 3 aromatic rings. The summed E-state index contributed by atoms with van der Waals surface area (Å²) < 4.78 is 23.2. The molecule has 0 radical (unpaired) electrons. The summed E-state index contributed by atoms with van der Waals surface area (Å²) >= 11 is 1.68. The first-order chi connectivity index (χ1) is 21.5. The molecule has 0 bridgehead atoms.